The van der Waals surface area contributed by atoms with Crippen molar-refractivity contribution in [1.29, 1.82) is 0 Å². The lowest BCUT2D eigenvalue weighted by Crippen LogP contribution is -2.18. The molecule has 0 aliphatic heterocycles. The van der Waals surface area contributed by atoms with Gasteiger partial charge < -0.3 is 19.5 Å². The summed E-state index contributed by atoms with van der Waals surface area (Å²) in [6.07, 6.45) is -1.04. The van der Waals surface area contributed by atoms with Gasteiger partial charge in [-0.2, -0.15) is 13.2 Å². The summed E-state index contributed by atoms with van der Waals surface area (Å²) in [5, 5.41) is 3.52. The van der Waals surface area contributed by atoms with Crippen LogP contribution in [-0.4, -0.2) is 46.0 Å². The topological polar surface area (TPSA) is 72.3 Å². The summed E-state index contributed by atoms with van der Waals surface area (Å²) in [5.41, 5.74) is 1.06. The number of aromatic nitrogens is 3. The van der Waals surface area contributed by atoms with E-state index in [1.165, 1.54) is 18.5 Å². The summed E-state index contributed by atoms with van der Waals surface area (Å²) in [6.45, 7) is 1.66. The molecule has 2 aromatic heterocycles. The highest BCUT2D eigenvalue weighted by atomic mass is 19.4. The van der Waals surface area contributed by atoms with Gasteiger partial charge in [0.15, 0.2) is 0 Å². The van der Waals surface area contributed by atoms with E-state index in [2.05, 4.69) is 20.2 Å². The third-order valence-electron chi connectivity index (χ3n) is 5.31. The Morgan fingerprint density at radius 3 is 2.40 bits per heavy atom. The van der Waals surface area contributed by atoms with E-state index in [0.717, 1.165) is 36.3 Å². The van der Waals surface area contributed by atoms with Crippen LogP contribution in [0.3, 0.4) is 0 Å². The van der Waals surface area contributed by atoms with Crippen molar-refractivity contribution in [1.82, 2.24) is 19.4 Å². The fourth-order valence-corrected chi connectivity index (χ4v) is 3.47. The monoisotopic (exact) mass is 483 g/mol. The van der Waals surface area contributed by atoms with Gasteiger partial charge in [0, 0.05) is 25.0 Å². The van der Waals surface area contributed by atoms with E-state index in [-0.39, 0.29) is 12.3 Å². The Hall–Kier alpha value is -3.92. The van der Waals surface area contributed by atoms with Crippen molar-refractivity contribution in [3.63, 3.8) is 0 Å². The largest absolute Gasteiger partial charge is 0.438 e. The van der Waals surface area contributed by atoms with Crippen molar-refractivity contribution in [2.45, 2.75) is 19.1 Å². The number of nitrogens with zero attached hydrogens (tertiary/aromatic N) is 4. The first-order chi connectivity index (χ1) is 16.7. The highest BCUT2D eigenvalue weighted by Gasteiger charge is 2.30. The first kappa shape index (κ1) is 24.2. The molecule has 4 rings (SSSR count). The van der Waals surface area contributed by atoms with E-state index in [1.54, 1.807) is 24.3 Å². The van der Waals surface area contributed by atoms with Crippen LogP contribution in [0, 0.1) is 0 Å². The van der Waals surface area contributed by atoms with Crippen LogP contribution in [-0.2, 0) is 23.9 Å². The predicted octanol–water partition coefficient (Wildman–Crippen LogP) is 4.99. The molecule has 1 N–H and O–H groups in total. The van der Waals surface area contributed by atoms with Gasteiger partial charge in [0.2, 0.25) is 11.8 Å². The Kier molecular flexibility index (Phi) is 7.02. The van der Waals surface area contributed by atoms with Gasteiger partial charge >= 0.3 is 6.18 Å². The minimum Gasteiger partial charge on any atom is -0.438 e. The Morgan fingerprint density at radius 2 is 1.74 bits per heavy atom. The first-order valence-electron chi connectivity index (χ1n) is 10.9. The van der Waals surface area contributed by atoms with E-state index in [1.807, 2.05) is 30.9 Å². The van der Waals surface area contributed by atoms with Crippen molar-refractivity contribution in [3.8, 4) is 11.6 Å². The highest BCUT2D eigenvalue weighted by molar-refractivity contribution is 5.92. The molecule has 10 heteroatoms. The summed E-state index contributed by atoms with van der Waals surface area (Å²) in [4.78, 5) is 23.0. The second-order valence-electron chi connectivity index (χ2n) is 8.27. The molecule has 7 nitrogen and oxygen atoms in total. The van der Waals surface area contributed by atoms with Crippen LogP contribution >= 0.6 is 0 Å². The molecule has 0 radical (unpaired) electrons. The number of benzene rings is 2. The van der Waals surface area contributed by atoms with Crippen LogP contribution in [0.15, 0.2) is 67.1 Å². The summed E-state index contributed by atoms with van der Waals surface area (Å²) in [5.74, 6) is 0.625. The molecule has 0 saturated carbocycles. The maximum absolute atomic E-state index is 12.7. The number of halogens is 3. The van der Waals surface area contributed by atoms with E-state index in [4.69, 9.17) is 4.74 Å². The van der Waals surface area contributed by atoms with Gasteiger partial charge in [-0.25, -0.2) is 9.97 Å². The van der Waals surface area contributed by atoms with Crippen LogP contribution in [0.2, 0.25) is 0 Å². The average Bonchev–Trinajstić information content (AvgIpc) is 3.23. The van der Waals surface area contributed by atoms with Gasteiger partial charge in [-0.05, 0) is 62.1 Å². The van der Waals surface area contributed by atoms with Gasteiger partial charge in [0.25, 0.3) is 0 Å². The number of anilines is 1. The smallest absolute Gasteiger partial charge is 0.416 e. The number of likely N-dealkylation sites (N-methyl/N-ethyl adjacent to an activating group) is 1. The molecule has 2 heterocycles. The molecule has 4 aromatic rings. The zero-order chi connectivity index (χ0) is 25.0. The fourth-order valence-electron chi connectivity index (χ4n) is 3.47. The summed E-state index contributed by atoms with van der Waals surface area (Å²) in [7, 11) is 4.02. The SMILES string of the molecule is CN(C)CCn1ccc2c(Oc3ccc(NC(=O)Cc4ccc(C(F)(F)F)cc4)cc3)ncnc21. The third kappa shape index (κ3) is 6.15. The molecule has 1 amide bonds. The Labute approximate surface area is 200 Å². The molecule has 182 valence electrons. The molecule has 35 heavy (non-hydrogen) atoms. The summed E-state index contributed by atoms with van der Waals surface area (Å²) < 4.78 is 46.0. The standard InChI is InChI=1S/C25H24F3N5O2/c1-32(2)13-14-33-12-11-21-23(33)29-16-30-24(21)35-20-9-7-19(8-10-20)31-22(34)15-17-3-5-18(6-4-17)25(26,27)28/h3-12,16H,13-15H2,1-2H3,(H,31,34). The van der Waals surface area contributed by atoms with E-state index >= 15 is 0 Å². The van der Waals surface area contributed by atoms with E-state index in [9.17, 15) is 18.0 Å². The number of ether oxygens (including phenoxy) is 1. The van der Waals surface area contributed by atoms with Crippen LogP contribution in [0.1, 0.15) is 11.1 Å². The van der Waals surface area contributed by atoms with Crippen molar-refractivity contribution in [3.05, 3.63) is 78.2 Å². The Balaban J connectivity index is 1.38. The minimum absolute atomic E-state index is 0.0415. The first-order valence-corrected chi connectivity index (χ1v) is 10.9. The maximum atomic E-state index is 12.7. The lowest BCUT2D eigenvalue weighted by Gasteiger charge is -2.11. The van der Waals surface area contributed by atoms with Crippen LogP contribution in [0.4, 0.5) is 18.9 Å². The maximum Gasteiger partial charge on any atom is 0.416 e. The molecule has 0 fully saturated rings. The lowest BCUT2D eigenvalue weighted by atomic mass is 10.1. The van der Waals surface area contributed by atoms with Crippen molar-refractivity contribution in [2.75, 3.05) is 26.0 Å². The van der Waals surface area contributed by atoms with Gasteiger partial charge in [-0.15, -0.1) is 0 Å². The molecule has 0 spiro atoms. The van der Waals surface area contributed by atoms with Gasteiger partial charge in [-0.3, -0.25) is 4.79 Å². The molecule has 0 aliphatic rings. The summed E-state index contributed by atoms with van der Waals surface area (Å²) >= 11 is 0. The van der Waals surface area contributed by atoms with Crippen molar-refractivity contribution >= 4 is 22.6 Å². The Bertz CT molecular complexity index is 1300. The average molecular weight is 483 g/mol. The number of carbonyl (C=O) groups is 1. The number of amides is 1. The molecular formula is C25H24F3N5O2. The van der Waals surface area contributed by atoms with E-state index < -0.39 is 11.7 Å². The van der Waals surface area contributed by atoms with Gasteiger partial charge in [-0.1, -0.05) is 12.1 Å². The molecule has 0 unspecified atom stereocenters. The van der Waals surface area contributed by atoms with Crippen molar-refractivity contribution in [2.24, 2.45) is 0 Å². The molecule has 0 saturated heterocycles. The number of hydrogen-bond acceptors (Lipinski definition) is 5. The molecule has 2 aromatic carbocycles. The highest BCUT2D eigenvalue weighted by Crippen LogP contribution is 2.30. The fraction of sp³-hybridized carbons (Fsp3) is 0.240. The second kappa shape index (κ2) is 10.1. The zero-order valence-corrected chi connectivity index (χ0v) is 19.2. The van der Waals surface area contributed by atoms with Crippen molar-refractivity contribution < 1.29 is 22.7 Å². The normalized spacial score (nSPS) is 11.7. The van der Waals surface area contributed by atoms with Gasteiger partial charge in [0.05, 0.1) is 17.4 Å². The van der Waals surface area contributed by atoms with Gasteiger partial charge in [0.1, 0.15) is 17.7 Å². The van der Waals surface area contributed by atoms with Crippen LogP contribution in [0.5, 0.6) is 11.6 Å². The third-order valence-corrected chi connectivity index (χ3v) is 5.31. The number of carbonyl (C=O) groups excluding carboxylic acids is 1. The lowest BCUT2D eigenvalue weighted by molar-refractivity contribution is -0.137. The van der Waals surface area contributed by atoms with Crippen LogP contribution in [0.25, 0.3) is 11.0 Å². The minimum atomic E-state index is -4.40. The quantitative estimate of drug-likeness (QED) is 0.383. The zero-order valence-electron chi connectivity index (χ0n) is 19.2. The second-order valence-corrected chi connectivity index (χ2v) is 8.27. The van der Waals surface area contributed by atoms with Crippen LogP contribution < -0.4 is 10.1 Å². The number of rotatable bonds is 8. The number of fused-ring (bicyclic) bond motifs is 1. The predicted molar refractivity (Wildman–Crippen MR) is 126 cm³/mol. The molecule has 0 bridgehead atoms. The molecule has 0 aliphatic carbocycles. The number of alkyl halides is 3. The molecular weight excluding hydrogens is 459 g/mol. The molecule has 0 atom stereocenters. The Morgan fingerprint density at radius 1 is 1.03 bits per heavy atom. The van der Waals surface area contributed by atoms with E-state index in [0.29, 0.717) is 22.9 Å². The summed E-state index contributed by atoms with van der Waals surface area (Å²) in [6, 6.07) is 13.2. The number of hydrogen-bond donors (Lipinski definition) is 1. The number of nitrogens with one attached hydrogen (secondary N) is 1.